The number of hydrogen-bond donors (Lipinski definition) is 0. The minimum absolute atomic E-state index is 0.0202. The highest BCUT2D eigenvalue weighted by Gasteiger charge is 2.55. The van der Waals surface area contributed by atoms with Gasteiger partial charge in [0.05, 0.1) is 0 Å². The summed E-state index contributed by atoms with van der Waals surface area (Å²) in [5, 5.41) is -0.0202. The smallest absolute Gasteiger partial charge is 0.0197 e. The summed E-state index contributed by atoms with van der Waals surface area (Å²) in [7, 11) is 6.87. The second-order valence-corrected chi connectivity index (χ2v) is 17.0. The second kappa shape index (κ2) is 9.74. The molecule has 0 saturated heterocycles. The first-order valence-corrected chi connectivity index (χ1v) is 16.2. The number of benzene rings is 2. The van der Waals surface area contributed by atoms with Gasteiger partial charge in [-0.3, -0.25) is 0 Å². The van der Waals surface area contributed by atoms with Crippen LogP contribution in [0.15, 0.2) is 48.5 Å². The Morgan fingerprint density at radius 3 is 1.81 bits per heavy atom. The molecular weight excluding hydrogens is 482 g/mol. The Balaban J connectivity index is 1.62. The maximum absolute atomic E-state index is 3.46. The van der Waals surface area contributed by atoms with E-state index in [0.717, 1.165) is 24.2 Å². The molecule has 2 heteroatoms. The van der Waals surface area contributed by atoms with Crippen molar-refractivity contribution in [2.75, 3.05) is 0 Å². The summed E-state index contributed by atoms with van der Waals surface area (Å²) in [6.07, 6.45) is 9.98. The van der Waals surface area contributed by atoms with Gasteiger partial charge in [0.2, 0.25) is 0 Å². The van der Waals surface area contributed by atoms with Crippen LogP contribution < -0.4 is 0 Å². The molecule has 0 heterocycles. The van der Waals surface area contributed by atoms with Gasteiger partial charge in [-0.2, -0.15) is 0 Å². The van der Waals surface area contributed by atoms with E-state index >= 15 is 0 Å². The van der Waals surface area contributed by atoms with Gasteiger partial charge in [-0.25, -0.2) is 0 Å². The molecule has 0 N–H and O–H groups in total. The minimum Gasteiger partial charge on any atom is -0.129 e. The van der Waals surface area contributed by atoms with Crippen molar-refractivity contribution in [3.8, 4) is 0 Å². The van der Waals surface area contributed by atoms with Gasteiger partial charge in [-0.05, 0) is 107 Å². The molecule has 4 bridgehead atoms. The largest absolute Gasteiger partial charge is 0.129 e. The summed E-state index contributed by atoms with van der Waals surface area (Å²) in [6, 6.07) is 18.7. The zero-order valence-corrected chi connectivity index (χ0v) is 26.9. The van der Waals surface area contributed by atoms with Crippen LogP contribution in [0.1, 0.15) is 121 Å². The van der Waals surface area contributed by atoms with Gasteiger partial charge in [-0.1, -0.05) is 97.0 Å². The van der Waals surface area contributed by atoms with Crippen LogP contribution in [0.25, 0.3) is 0 Å². The van der Waals surface area contributed by atoms with Crippen molar-refractivity contribution >= 4 is 18.5 Å². The summed E-state index contributed by atoms with van der Waals surface area (Å²) >= 11 is 0. The lowest BCUT2D eigenvalue weighted by Crippen LogP contribution is -2.49. The van der Waals surface area contributed by atoms with Crippen molar-refractivity contribution in [2.24, 2.45) is 34.0 Å². The molecule has 0 aromatic heterocycles. The second-order valence-electron chi connectivity index (χ2n) is 15.5. The Morgan fingerprint density at radius 2 is 1.32 bits per heavy atom. The molecule has 4 aliphatic carbocycles. The number of rotatable bonds is 6. The standard InChI is InChI=1S/C35H52P2/c1-23(15-24-11-9-8-10-12-24)28-13-14-30(35(37,32(2,3)4)33(5,6)7)29(19-28)31(36)34-20-25-16-26(21-34)18-27(17-25)22-34/h8-14,19,23,25-27,31H,15-18,20-22,36-37H2,1-7H3. The first-order chi connectivity index (χ1) is 17.2. The van der Waals surface area contributed by atoms with Gasteiger partial charge in [0.25, 0.3) is 0 Å². The van der Waals surface area contributed by atoms with E-state index in [4.69, 9.17) is 0 Å². The fraction of sp³-hybridized carbons (Fsp3) is 0.657. The third kappa shape index (κ3) is 4.91. The third-order valence-electron chi connectivity index (χ3n) is 10.9. The molecule has 0 amide bonds. The Morgan fingerprint density at radius 1 is 0.811 bits per heavy atom. The summed E-state index contributed by atoms with van der Waals surface area (Å²) in [6.45, 7) is 17.1. The highest BCUT2D eigenvalue weighted by molar-refractivity contribution is 7.19. The average Bonchev–Trinajstić information content (AvgIpc) is 2.81. The zero-order chi connectivity index (χ0) is 26.8. The molecule has 4 atom stereocenters. The topological polar surface area (TPSA) is 0 Å². The first kappa shape index (κ1) is 27.9. The van der Waals surface area contributed by atoms with Crippen LogP contribution >= 0.6 is 18.5 Å². The SMILES string of the molecule is CC(Cc1ccccc1)c1ccc(C(P)(C(C)(C)C)C(C)(C)C)c(C(P)C23CC4CC(CC(C4)C2)C3)c1. The van der Waals surface area contributed by atoms with Crippen LogP contribution in [0.3, 0.4) is 0 Å². The van der Waals surface area contributed by atoms with Crippen LogP contribution in [-0.4, -0.2) is 0 Å². The molecular formula is C35H52P2. The highest BCUT2D eigenvalue weighted by atomic mass is 31.0. The van der Waals surface area contributed by atoms with E-state index in [1.165, 1.54) is 49.7 Å². The normalized spacial score (nSPS) is 29.4. The van der Waals surface area contributed by atoms with Crippen LogP contribution in [0.2, 0.25) is 0 Å². The Labute approximate surface area is 233 Å². The van der Waals surface area contributed by atoms with E-state index in [0.29, 0.717) is 17.0 Å². The summed E-state index contributed by atoms with van der Waals surface area (Å²) < 4.78 is 0. The number of hydrogen-bond acceptors (Lipinski definition) is 0. The lowest BCUT2D eigenvalue weighted by molar-refractivity contribution is -0.0545. The first-order valence-electron chi connectivity index (χ1n) is 15.0. The quantitative estimate of drug-likeness (QED) is 0.323. The monoisotopic (exact) mass is 534 g/mol. The van der Waals surface area contributed by atoms with Gasteiger partial charge in [0.15, 0.2) is 0 Å². The Kier molecular flexibility index (Phi) is 7.33. The molecule has 2 aromatic carbocycles. The van der Waals surface area contributed by atoms with E-state index in [2.05, 4.69) is 115 Å². The molecule has 0 radical (unpaired) electrons. The van der Waals surface area contributed by atoms with Crippen molar-refractivity contribution in [1.82, 2.24) is 0 Å². The molecule has 6 rings (SSSR count). The lowest BCUT2D eigenvalue weighted by atomic mass is 9.48. The van der Waals surface area contributed by atoms with E-state index < -0.39 is 0 Å². The fourth-order valence-corrected chi connectivity index (χ4v) is 10.4. The Hall–Kier alpha value is -0.700. The van der Waals surface area contributed by atoms with E-state index in [-0.39, 0.29) is 16.0 Å². The van der Waals surface area contributed by atoms with Gasteiger partial charge in [0, 0.05) is 10.8 Å². The average molecular weight is 535 g/mol. The molecule has 0 aliphatic heterocycles. The predicted octanol–water partition coefficient (Wildman–Crippen LogP) is 10.3. The molecule has 0 nitrogen and oxygen atoms in total. The highest BCUT2D eigenvalue weighted by Crippen LogP contribution is 2.68. The van der Waals surface area contributed by atoms with Crippen LogP contribution in [0.5, 0.6) is 0 Å². The molecule has 4 fully saturated rings. The van der Waals surface area contributed by atoms with Crippen molar-refractivity contribution in [3.05, 3.63) is 70.8 Å². The molecule has 202 valence electrons. The van der Waals surface area contributed by atoms with Gasteiger partial charge in [-0.15, -0.1) is 18.5 Å². The molecule has 2 aromatic rings. The van der Waals surface area contributed by atoms with Crippen LogP contribution in [0.4, 0.5) is 0 Å². The third-order valence-corrected chi connectivity index (χ3v) is 14.0. The van der Waals surface area contributed by atoms with Gasteiger partial charge < -0.3 is 0 Å². The molecule has 4 aliphatic rings. The molecule has 4 unspecified atom stereocenters. The molecule has 37 heavy (non-hydrogen) atoms. The Bertz CT molecular complexity index is 1050. The molecule has 4 saturated carbocycles. The van der Waals surface area contributed by atoms with E-state index in [9.17, 15) is 0 Å². The summed E-state index contributed by atoms with van der Waals surface area (Å²) in [5.41, 5.74) is 7.39. The fourth-order valence-electron chi connectivity index (χ4n) is 9.41. The van der Waals surface area contributed by atoms with E-state index in [1.807, 2.05) is 0 Å². The zero-order valence-electron chi connectivity index (χ0n) is 24.6. The van der Waals surface area contributed by atoms with Crippen LogP contribution in [0, 0.1) is 34.0 Å². The molecule has 0 spiro atoms. The summed E-state index contributed by atoms with van der Waals surface area (Å²) in [5.74, 6) is 3.43. The van der Waals surface area contributed by atoms with Crippen molar-refractivity contribution < 1.29 is 0 Å². The van der Waals surface area contributed by atoms with Crippen molar-refractivity contribution in [2.45, 2.75) is 110 Å². The van der Waals surface area contributed by atoms with Crippen molar-refractivity contribution in [1.29, 1.82) is 0 Å². The summed E-state index contributed by atoms with van der Waals surface area (Å²) in [4.78, 5) is 0. The van der Waals surface area contributed by atoms with Gasteiger partial charge in [0.1, 0.15) is 0 Å². The maximum atomic E-state index is 3.46. The van der Waals surface area contributed by atoms with Crippen LogP contribution in [-0.2, 0) is 11.6 Å². The minimum atomic E-state index is -0.0202. The van der Waals surface area contributed by atoms with Gasteiger partial charge >= 0.3 is 0 Å². The maximum Gasteiger partial charge on any atom is 0.0197 e. The van der Waals surface area contributed by atoms with Crippen molar-refractivity contribution in [3.63, 3.8) is 0 Å². The lowest BCUT2D eigenvalue weighted by Gasteiger charge is -2.60. The predicted molar refractivity (Wildman–Crippen MR) is 168 cm³/mol. The van der Waals surface area contributed by atoms with E-state index in [1.54, 1.807) is 11.1 Å².